The third-order valence-electron chi connectivity index (χ3n) is 6.01. The molecule has 1 atom stereocenters. The Morgan fingerprint density at radius 2 is 1.57 bits per heavy atom. The van der Waals surface area contributed by atoms with Crippen LogP contribution in [0.1, 0.15) is 51.9 Å². The van der Waals surface area contributed by atoms with Crippen LogP contribution in [0.4, 0.5) is 0 Å². The largest absolute Gasteiger partial charge is 0.341 e. The van der Waals surface area contributed by atoms with E-state index in [0.29, 0.717) is 11.3 Å². The SMILES string of the molecule is CC(C(=O)N1CCC2(CCNC2)CC1)N1CCCCCC1.Cl.Cl. The van der Waals surface area contributed by atoms with Gasteiger partial charge in [-0.2, -0.15) is 0 Å². The van der Waals surface area contributed by atoms with Gasteiger partial charge in [0.2, 0.25) is 5.91 Å². The molecule has 3 rings (SSSR count). The summed E-state index contributed by atoms with van der Waals surface area (Å²) < 4.78 is 0. The van der Waals surface area contributed by atoms with Crippen molar-refractivity contribution in [3.05, 3.63) is 0 Å². The maximum Gasteiger partial charge on any atom is 0.239 e. The molecule has 3 aliphatic rings. The van der Waals surface area contributed by atoms with Gasteiger partial charge in [-0.25, -0.2) is 0 Å². The molecule has 0 aromatic rings. The molecule has 6 heteroatoms. The molecule has 0 aromatic heterocycles. The van der Waals surface area contributed by atoms with Crippen molar-refractivity contribution < 1.29 is 4.79 Å². The lowest BCUT2D eigenvalue weighted by Gasteiger charge is -2.41. The monoisotopic (exact) mass is 365 g/mol. The Balaban J connectivity index is 0.00000132. The summed E-state index contributed by atoms with van der Waals surface area (Å²) in [5.74, 6) is 0.373. The van der Waals surface area contributed by atoms with Gasteiger partial charge in [0.25, 0.3) is 0 Å². The molecule has 0 aromatic carbocycles. The number of nitrogens with one attached hydrogen (secondary N) is 1. The van der Waals surface area contributed by atoms with E-state index in [1.807, 2.05) is 0 Å². The number of carbonyl (C=O) groups is 1. The number of hydrogen-bond donors (Lipinski definition) is 1. The number of amides is 1. The molecule has 1 unspecified atom stereocenters. The van der Waals surface area contributed by atoms with Crippen LogP contribution in [0.25, 0.3) is 0 Å². The molecule has 0 bridgehead atoms. The van der Waals surface area contributed by atoms with E-state index >= 15 is 0 Å². The highest BCUT2D eigenvalue weighted by Gasteiger charge is 2.39. The molecule has 23 heavy (non-hydrogen) atoms. The Labute approximate surface area is 153 Å². The molecule has 0 saturated carbocycles. The predicted molar refractivity (Wildman–Crippen MR) is 99.7 cm³/mol. The summed E-state index contributed by atoms with van der Waals surface area (Å²) in [6.45, 7) is 8.60. The van der Waals surface area contributed by atoms with Gasteiger partial charge < -0.3 is 10.2 Å². The van der Waals surface area contributed by atoms with E-state index in [1.165, 1.54) is 44.9 Å². The van der Waals surface area contributed by atoms with Crippen LogP contribution in [-0.2, 0) is 4.79 Å². The summed E-state index contributed by atoms with van der Waals surface area (Å²) in [6.07, 6.45) is 8.86. The Hall–Kier alpha value is -0.0300. The highest BCUT2D eigenvalue weighted by atomic mass is 35.5. The first kappa shape index (κ1) is 21.0. The van der Waals surface area contributed by atoms with E-state index in [9.17, 15) is 4.79 Å². The van der Waals surface area contributed by atoms with Crippen LogP contribution in [0.15, 0.2) is 0 Å². The van der Waals surface area contributed by atoms with Crippen molar-refractivity contribution in [2.75, 3.05) is 39.3 Å². The van der Waals surface area contributed by atoms with Gasteiger partial charge in [0.1, 0.15) is 0 Å². The number of hydrogen-bond acceptors (Lipinski definition) is 3. The normalized spacial score (nSPS) is 26.0. The minimum absolute atomic E-state index is 0. The average molecular weight is 366 g/mol. The van der Waals surface area contributed by atoms with Crippen LogP contribution in [0.2, 0.25) is 0 Å². The van der Waals surface area contributed by atoms with Crippen molar-refractivity contribution in [3.8, 4) is 0 Å². The molecule has 3 heterocycles. The molecule has 3 saturated heterocycles. The number of halogens is 2. The first-order valence-electron chi connectivity index (χ1n) is 8.94. The molecule has 1 spiro atoms. The highest BCUT2D eigenvalue weighted by molar-refractivity contribution is 5.85. The van der Waals surface area contributed by atoms with Gasteiger partial charge in [0.15, 0.2) is 0 Å². The van der Waals surface area contributed by atoms with Crippen LogP contribution < -0.4 is 5.32 Å². The fraction of sp³-hybridized carbons (Fsp3) is 0.941. The van der Waals surface area contributed by atoms with Crippen molar-refractivity contribution in [1.82, 2.24) is 15.1 Å². The molecule has 3 fully saturated rings. The Morgan fingerprint density at radius 3 is 2.09 bits per heavy atom. The molecule has 3 aliphatic heterocycles. The molecule has 1 amide bonds. The molecule has 0 aliphatic carbocycles. The lowest BCUT2D eigenvalue weighted by Crippen LogP contribution is -2.51. The zero-order valence-corrected chi connectivity index (χ0v) is 16.0. The van der Waals surface area contributed by atoms with Gasteiger partial charge in [-0.05, 0) is 64.1 Å². The molecular weight excluding hydrogens is 333 g/mol. The molecule has 0 radical (unpaired) electrons. The van der Waals surface area contributed by atoms with Crippen LogP contribution in [0.3, 0.4) is 0 Å². The highest BCUT2D eigenvalue weighted by Crippen LogP contribution is 2.37. The Morgan fingerprint density at radius 1 is 0.957 bits per heavy atom. The van der Waals surface area contributed by atoms with E-state index in [0.717, 1.165) is 39.3 Å². The van der Waals surface area contributed by atoms with Crippen LogP contribution in [0, 0.1) is 5.41 Å². The predicted octanol–water partition coefficient (Wildman–Crippen LogP) is 2.70. The molecular formula is C17H33Cl2N3O. The van der Waals surface area contributed by atoms with Gasteiger partial charge in [0, 0.05) is 19.6 Å². The summed E-state index contributed by atoms with van der Waals surface area (Å²) in [5, 5.41) is 3.50. The Bertz CT molecular complexity index is 357. The lowest BCUT2D eigenvalue weighted by atomic mass is 9.78. The Kier molecular flexibility index (Phi) is 8.64. The first-order chi connectivity index (χ1) is 10.2. The minimum atomic E-state index is 0. The summed E-state index contributed by atoms with van der Waals surface area (Å²) in [4.78, 5) is 17.3. The number of piperidine rings is 1. The van der Waals surface area contributed by atoms with E-state index in [2.05, 4.69) is 22.0 Å². The first-order valence-corrected chi connectivity index (χ1v) is 8.94. The standard InChI is InChI=1S/C17H31N3O.2ClH/c1-15(19-10-4-2-3-5-11-19)16(21)20-12-7-17(8-13-20)6-9-18-14-17;;/h15,18H,2-14H2,1H3;2*1H. The number of nitrogens with zero attached hydrogens (tertiary/aromatic N) is 2. The van der Waals surface area contributed by atoms with Crippen molar-refractivity contribution in [3.63, 3.8) is 0 Å². The average Bonchev–Trinajstić information content (AvgIpc) is 2.79. The topological polar surface area (TPSA) is 35.6 Å². The molecule has 1 N–H and O–H groups in total. The second kappa shape index (κ2) is 9.45. The zero-order chi connectivity index (χ0) is 14.7. The van der Waals surface area contributed by atoms with Gasteiger partial charge in [-0.3, -0.25) is 9.69 Å². The zero-order valence-electron chi connectivity index (χ0n) is 14.4. The van der Waals surface area contributed by atoms with Crippen molar-refractivity contribution in [2.24, 2.45) is 5.41 Å². The molecule has 136 valence electrons. The van der Waals surface area contributed by atoms with Gasteiger partial charge in [-0.15, -0.1) is 24.8 Å². The van der Waals surface area contributed by atoms with Gasteiger partial charge in [-0.1, -0.05) is 12.8 Å². The van der Waals surface area contributed by atoms with Crippen molar-refractivity contribution >= 4 is 30.7 Å². The lowest BCUT2D eigenvalue weighted by molar-refractivity contribution is -0.138. The maximum absolute atomic E-state index is 12.8. The minimum Gasteiger partial charge on any atom is -0.341 e. The fourth-order valence-electron chi connectivity index (χ4n) is 4.33. The van der Waals surface area contributed by atoms with E-state index in [-0.39, 0.29) is 30.9 Å². The fourth-order valence-corrected chi connectivity index (χ4v) is 4.33. The quantitative estimate of drug-likeness (QED) is 0.816. The summed E-state index contributed by atoms with van der Waals surface area (Å²) in [7, 11) is 0. The maximum atomic E-state index is 12.8. The van der Waals surface area contributed by atoms with Gasteiger partial charge in [0.05, 0.1) is 6.04 Å². The van der Waals surface area contributed by atoms with E-state index in [1.54, 1.807) is 0 Å². The summed E-state index contributed by atoms with van der Waals surface area (Å²) >= 11 is 0. The second-order valence-electron chi connectivity index (χ2n) is 7.38. The molecule has 4 nitrogen and oxygen atoms in total. The number of rotatable bonds is 2. The van der Waals surface area contributed by atoms with E-state index < -0.39 is 0 Å². The van der Waals surface area contributed by atoms with Gasteiger partial charge >= 0.3 is 0 Å². The van der Waals surface area contributed by atoms with Crippen LogP contribution in [-0.4, -0.2) is 61.0 Å². The third kappa shape index (κ3) is 4.97. The van der Waals surface area contributed by atoms with Crippen molar-refractivity contribution in [2.45, 2.75) is 57.9 Å². The summed E-state index contributed by atoms with van der Waals surface area (Å²) in [5.41, 5.74) is 0.503. The third-order valence-corrected chi connectivity index (χ3v) is 6.01. The van der Waals surface area contributed by atoms with Crippen molar-refractivity contribution in [1.29, 1.82) is 0 Å². The second-order valence-corrected chi connectivity index (χ2v) is 7.38. The smallest absolute Gasteiger partial charge is 0.239 e. The van der Waals surface area contributed by atoms with E-state index in [4.69, 9.17) is 0 Å². The number of carbonyl (C=O) groups excluding carboxylic acids is 1. The van der Waals surface area contributed by atoms with Crippen LogP contribution in [0.5, 0.6) is 0 Å². The van der Waals surface area contributed by atoms with Crippen LogP contribution >= 0.6 is 24.8 Å². The number of likely N-dealkylation sites (tertiary alicyclic amines) is 2. The summed E-state index contributed by atoms with van der Waals surface area (Å²) in [6, 6.07) is 0.0823.